The number of methoxy groups -OCH3 is 1. The van der Waals surface area contributed by atoms with Crippen LogP contribution in [0, 0.1) is 0 Å². The van der Waals surface area contributed by atoms with Crippen LogP contribution in [0.4, 0.5) is 0 Å². The maximum absolute atomic E-state index is 11.9. The highest BCUT2D eigenvalue weighted by Gasteiger charge is 2.29. The summed E-state index contributed by atoms with van der Waals surface area (Å²) in [6.45, 7) is 1.38. The number of thiophene rings is 1. The van der Waals surface area contributed by atoms with Crippen molar-refractivity contribution in [3.8, 4) is 16.9 Å². The number of hydrogen-bond acceptors (Lipinski definition) is 6. The zero-order chi connectivity index (χ0) is 22.6. The minimum absolute atomic E-state index is 0.0970. The number of benzene rings is 2. The molecule has 168 valence electrons. The predicted molar refractivity (Wildman–Crippen MR) is 125 cm³/mol. The smallest absolute Gasteiger partial charge is 0.336 e. The van der Waals surface area contributed by atoms with Gasteiger partial charge in [0.1, 0.15) is 12.4 Å². The van der Waals surface area contributed by atoms with Gasteiger partial charge in [-0.05, 0) is 63.0 Å². The number of aromatic carboxylic acids is 1. The SMILES string of the molecule is COC1(/C=C/COc2ccc3c(-c4ccsc4)c(CO)c(C(=O)O)cc3c2)CCOCC1. The third-order valence-corrected chi connectivity index (χ3v) is 6.61. The van der Waals surface area contributed by atoms with Crippen molar-refractivity contribution in [1.29, 1.82) is 0 Å². The number of carboxylic acid groups (broad SMARTS) is 1. The second-order valence-electron chi connectivity index (χ2n) is 7.73. The number of hydrogen-bond donors (Lipinski definition) is 2. The second-order valence-corrected chi connectivity index (χ2v) is 8.51. The summed E-state index contributed by atoms with van der Waals surface area (Å²) in [7, 11) is 1.71. The summed E-state index contributed by atoms with van der Waals surface area (Å²) >= 11 is 1.53. The molecular formula is C25H26O6S. The van der Waals surface area contributed by atoms with E-state index in [1.54, 1.807) is 13.2 Å². The van der Waals surface area contributed by atoms with Crippen molar-refractivity contribution in [2.24, 2.45) is 0 Å². The van der Waals surface area contributed by atoms with Crippen LogP contribution in [0.25, 0.3) is 21.9 Å². The standard InChI is InChI=1S/C25H26O6S/c1-29-25(7-10-30-11-8-25)6-2-9-31-19-3-4-20-18(13-19)14-21(24(27)28)22(15-26)23(20)17-5-12-32-16-17/h2-6,12-14,16,26H,7-11,15H2,1H3,(H,27,28)/b6-2+. The van der Waals surface area contributed by atoms with Crippen molar-refractivity contribution >= 4 is 28.1 Å². The number of fused-ring (bicyclic) bond motifs is 1. The first kappa shape index (κ1) is 22.5. The van der Waals surface area contributed by atoms with E-state index in [1.165, 1.54) is 11.3 Å². The average molecular weight is 455 g/mol. The van der Waals surface area contributed by atoms with Crippen LogP contribution in [0.2, 0.25) is 0 Å². The minimum atomic E-state index is -1.07. The van der Waals surface area contributed by atoms with Crippen LogP contribution >= 0.6 is 11.3 Å². The van der Waals surface area contributed by atoms with Gasteiger partial charge in [-0.25, -0.2) is 4.79 Å². The van der Waals surface area contributed by atoms with Crippen molar-refractivity contribution in [3.63, 3.8) is 0 Å². The van der Waals surface area contributed by atoms with Gasteiger partial charge >= 0.3 is 5.97 Å². The van der Waals surface area contributed by atoms with E-state index in [0.29, 0.717) is 31.1 Å². The molecule has 1 fully saturated rings. The van der Waals surface area contributed by atoms with E-state index < -0.39 is 5.97 Å². The van der Waals surface area contributed by atoms with Gasteiger partial charge in [-0.2, -0.15) is 11.3 Å². The van der Waals surface area contributed by atoms with Crippen LogP contribution < -0.4 is 4.74 Å². The van der Waals surface area contributed by atoms with Crippen molar-refractivity contribution in [2.75, 3.05) is 26.9 Å². The van der Waals surface area contributed by atoms with Gasteiger partial charge in [-0.15, -0.1) is 0 Å². The summed E-state index contributed by atoms with van der Waals surface area (Å²) in [5.41, 5.74) is 1.85. The summed E-state index contributed by atoms with van der Waals surface area (Å²) in [6.07, 6.45) is 5.62. The Morgan fingerprint density at radius 3 is 2.72 bits per heavy atom. The van der Waals surface area contributed by atoms with Crippen LogP contribution in [0.3, 0.4) is 0 Å². The van der Waals surface area contributed by atoms with Gasteiger partial charge in [-0.1, -0.05) is 12.1 Å². The maximum atomic E-state index is 11.9. The first-order valence-electron chi connectivity index (χ1n) is 10.5. The fourth-order valence-electron chi connectivity index (χ4n) is 4.17. The lowest BCUT2D eigenvalue weighted by Gasteiger charge is -2.33. The molecule has 0 unspecified atom stereocenters. The largest absolute Gasteiger partial charge is 0.490 e. The molecule has 2 heterocycles. The third kappa shape index (κ3) is 4.56. The molecule has 0 saturated carbocycles. The Morgan fingerprint density at radius 2 is 2.06 bits per heavy atom. The molecule has 32 heavy (non-hydrogen) atoms. The highest BCUT2D eigenvalue weighted by Crippen LogP contribution is 2.37. The zero-order valence-corrected chi connectivity index (χ0v) is 18.7. The summed E-state index contributed by atoms with van der Waals surface area (Å²) in [5.74, 6) is -0.423. The molecule has 6 nitrogen and oxygen atoms in total. The Bertz CT molecular complexity index is 1110. The third-order valence-electron chi connectivity index (χ3n) is 5.93. The Labute approximate surface area is 190 Å². The molecule has 0 spiro atoms. The monoisotopic (exact) mass is 454 g/mol. The minimum Gasteiger partial charge on any atom is -0.490 e. The Morgan fingerprint density at radius 1 is 1.25 bits per heavy atom. The molecule has 1 aromatic heterocycles. The first-order chi connectivity index (χ1) is 15.6. The second kappa shape index (κ2) is 9.83. The Hall–Kier alpha value is -2.71. The van der Waals surface area contributed by atoms with Gasteiger partial charge in [0.2, 0.25) is 0 Å². The molecule has 1 aliphatic heterocycles. The van der Waals surface area contributed by atoms with Crippen LogP contribution in [0.1, 0.15) is 28.8 Å². The van der Waals surface area contributed by atoms with Crippen LogP contribution in [0.15, 0.2) is 53.2 Å². The molecule has 1 saturated heterocycles. The van der Waals surface area contributed by atoms with E-state index >= 15 is 0 Å². The van der Waals surface area contributed by atoms with Crippen LogP contribution in [-0.4, -0.2) is 48.7 Å². The molecule has 3 aromatic rings. The fourth-order valence-corrected chi connectivity index (χ4v) is 4.82. The zero-order valence-electron chi connectivity index (χ0n) is 17.9. The fraction of sp³-hybridized carbons (Fsp3) is 0.320. The summed E-state index contributed by atoms with van der Waals surface area (Å²) < 4.78 is 17.0. The van der Waals surface area contributed by atoms with Crippen molar-refractivity contribution in [3.05, 3.63) is 64.4 Å². The Balaban J connectivity index is 1.62. The number of rotatable bonds is 8. The molecule has 7 heteroatoms. The van der Waals surface area contributed by atoms with Gasteiger partial charge in [-0.3, -0.25) is 0 Å². The topological polar surface area (TPSA) is 85.2 Å². The molecule has 0 amide bonds. The van der Waals surface area contributed by atoms with Crippen molar-refractivity contribution < 1.29 is 29.2 Å². The Kier molecular flexibility index (Phi) is 6.91. The number of aliphatic hydroxyl groups excluding tert-OH is 1. The molecule has 2 N–H and O–H groups in total. The lowest BCUT2D eigenvalue weighted by Crippen LogP contribution is -2.36. The van der Waals surface area contributed by atoms with Crippen molar-refractivity contribution in [2.45, 2.75) is 25.0 Å². The van der Waals surface area contributed by atoms with E-state index in [1.807, 2.05) is 47.2 Å². The van der Waals surface area contributed by atoms with Gasteiger partial charge in [0.15, 0.2) is 0 Å². The number of carbonyl (C=O) groups is 1. The molecule has 4 rings (SSSR count). The number of carboxylic acids is 1. The van der Waals surface area contributed by atoms with Gasteiger partial charge in [0, 0.05) is 38.7 Å². The van der Waals surface area contributed by atoms with Crippen molar-refractivity contribution in [1.82, 2.24) is 0 Å². The van der Waals surface area contributed by atoms with Gasteiger partial charge in [0.25, 0.3) is 0 Å². The molecule has 0 bridgehead atoms. The van der Waals surface area contributed by atoms with E-state index in [4.69, 9.17) is 14.2 Å². The van der Waals surface area contributed by atoms with E-state index in [9.17, 15) is 15.0 Å². The molecular weight excluding hydrogens is 428 g/mol. The van der Waals surface area contributed by atoms with Crippen LogP contribution in [0.5, 0.6) is 5.75 Å². The molecule has 0 atom stereocenters. The maximum Gasteiger partial charge on any atom is 0.336 e. The quantitative estimate of drug-likeness (QED) is 0.472. The normalized spacial score (nSPS) is 15.9. The lowest BCUT2D eigenvalue weighted by molar-refractivity contribution is -0.0588. The summed E-state index contributed by atoms with van der Waals surface area (Å²) in [5, 5.41) is 25.2. The van der Waals surface area contributed by atoms with Gasteiger partial charge in [0.05, 0.1) is 17.8 Å². The molecule has 0 radical (unpaired) electrons. The molecule has 1 aliphatic rings. The number of ether oxygens (including phenoxy) is 3. The number of aliphatic hydroxyl groups is 1. The molecule has 2 aromatic carbocycles. The highest BCUT2D eigenvalue weighted by molar-refractivity contribution is 7.08. The highest BCUT2D eigenvalue weighted by atomic mass is 32.1. The predicted octanol–water partition coefficient (Wildman–Crippen LogP) is 4.89. The van der Waals surface area contributed by atoms with E-state index in [-0.39, 0.29) is 17.8 Å². The molecule has 0 aliphatic carbocycles. The van der Waals surface area contributed by atoms with E-state index in [0.717, 1.165) is 34.7 Å². The first-order valence-corrected chi connectivity index (χ1v) is 11.4. The van der Waals surface area contributed by atoms with E-state index in [2.05, 4.69) is 0 Å². The summed E-state index contributed by atoms with van der Waals surface area (Å²) in [6, 6.07) is 9.16. The van der Waals surface area contributed by atoms with Crippen LogP contribution in [-0.2, 0) is 16.1 Å². The van der Waals surface area contributed by atoms with Gasteiger partial charge < -0.3 is 24.4 Å². The average Bonchev–Trinajstić information content (AvgIpc) is 3.35. The lowest BCUT2D eigenvalue weighted by atomic mass is 9.91. The summed E-state index contributed by atoms with van der Waals surface area (Å²) in [4.78, 5) is 11.9.